The summed E-state index contributed by atoms with van der Waals surface area (Å²) in [7, 11) is 0. The number of hydrogen-bond donors (Lipinski definition) is 2. The van der Waals surface area contributed by atoms with Crippen LogP contribution in [0.15, 0.2) is 4.79 Å². The molecule has 1 aromatic rings. The zero-order valence-electron chi connectivity index (χ0n) is 19.2. The second kappa shape index (κ2) is 10.8. The van der Waals surface area contributed by atoms with Gasteiger partial charge in [0, 0.05) is 19.5 Å². The highest BCUT2D eigenvalue weighted by Gasteiger charge is 2.95. The van der Waals surface area contributed by atoms with Crippen LogP contribution in [0.25, 0.3) is 0 Å². The van der Waals surface area contributed by atoms with Gasteiger partial charge in [-0.2, -0.15) is 79.6 Å². The Morgan fingerprint density at radius 3 is 1.50 bits per heavy atom. The van der Waals surface area contributed by atoms with E-state index in [2.05, 4.69) is 17.2 Å². The fourth-order valence-corrected chi connectivity index (χ4v) is 3.01. The molecule has 0 aliphatic heterocycles. The fraction of sp³-hybridized carbons (Fsp3) is 0.824. The molecule has 23 heteroatoms. The van der Waals surface area contributed by atoms with Gasteiger partial charge in [0.1, 0.15) is 0 Å². The molecule has 0 saturated carbocycles. The lowest BCUT2D eigenvalue weighted by molar-refractivity contribution is -0.461. The minimum atomic E-state index is -8.68. The molecule has 0 aliphatic rings. The molecule has 0 amide bonds. The third-order valence-electron chi connectivity index (χ3n) is 5.22. The third-order valence-corrected chi connectivity index (χ3v) is 5.41. The van der Waals surface area contributed by atoms with Gasteiger partial charge in [-0.05, 0) is 18.6 Å². The Labute approximate surface area is 215 Å². The minimum absolute atomic E-state index is 0.0139. The van der Waals surface area contributed by atoms with Gasteiger partial charge in [-0.15, -0.1) is 0 Å². The van der Waals surface area contributed by atoms with E-state index in [9.17, 15) is 79.4 Å². The smallest absolute Gasteiger partial charge is 0.342 e. The number of aromatic nitrogens is 3. The maximum absolute atomic E-state index is 14.2. The lowest BCUT2D eigenvalue weighted by Gasteiger charge is -2.43. The maximum atomic E-state index is 14.2. The van der Waals surface area contributed by atoms with E-state index in [0.29, 0.717) is 4.90 Å². The van der Waals surface area contributed by atoms with Crippen LogP contribution < -0.4 is 10.6 Å². The van der Waals surface area contributed by atoms with Crippen LogP contribution in [0.3, 0.4) is 0 Å². The highest BCUT2D eigenvalue weighted by Crippen LogP contribution is 2.64. The zero-order chi connectivity index (χ0) is 32.0. The summed E-state index contributed by atoms with van der Waals surface area (Å²) in [5.74, 6) is -57.5. The van der Waals surface area contributed by atoms with Gasteiger partial charge in [0.25, 0.3) is 0 Å². The van der Waals surface area contributed by atoms with E-state index in [4.69, 9.17) is 0 Å². The third kappa shape index (κ3) is 5.70. The second-order valence-corrected chi connectivity index (χ2v) is 8.45. The summed E-state index contributed by atoms with van der Waals surface area (Å²) in [5, 5.41) is 0. The summed E-state index contributed by atoms with van der Waals surface area (Å²) in [6.07, 6.45) is -10.3. The van der Waals surface area contributed by atoms with Crippen molar-refractivity contribution in [3.05, 3.63) is 15.3 Å². The summed E-state index contributed by atoms with van der Waals surface area (Å²) in [4.78, 5) is 19.0. The molecule has 2 N–H and O–H groups in total. The molecule has 0 radical (unpaired) electrons. The molecular formula is C17H15F17N4OS. The lowest BCUT2D eigenvalue weighted by Crippen LogP contribution is -2.74. The molecule has 5 nitrogen and oxygen atoms in total. The van der Waals surface area contributed by atoms with Crippen molar-refractivity contribution in [2.24, 2.45) is 0 Å². The van der Waals surface area contributed by atoms with Crippen LogP contribution in [0.5, 0.6) is 0 Å². The lowest BCUT2D eigenvalue weighted by atomic mass is 9.88. The van der Waals surface area contributed by atoms with Gasteiger partial charge in [0.15, 0.2) is 0 Å². The Hall–Kier alpha value is -2.36. The van der Waals surface area contributed by atoms with Crippen molar-refractivity contribution in [2.45, 2.75) is 73.8 Å². The molecule has 0 bridgehead atoms. The molecule has 1 rings (SSSR count). The number of nitrogens with zero attached hydrogens (tertiary/aromatic N) is 2. The first-order chi connectivity index (χ1) is 17.6. The first-order valence-corrected chi connectivity index (χ1v) is 10.6. The Kier molecular flexibility index (Phi) is 9.63. The predicted molar refractivity (Wildman–Crippen MR) is 102 cm³/mol. The number of hydrogen-bond acceptors (Lipinski definition) is 4. The number of anilines is 1. The van der Waals surface area contributed by atoms with Crippen LogP contribution in [0, 0.1) is 4.77 Å². The molecule has 0 fully saturated rings. The first kappa shape index (κ1) is 35.7. The van der Waals surface area contributed by atoms with Crippen LogP contribution >= 0.6 is 12.2 Å². The topological polar surface area (TPSA) is 64.8 Å². The number of aromatic amines is 2. The summed E-state index contributed by atoms with van der Waals surface area (Å²) >= 11 is 4.52. The van der Waals surface area contributed by atoms with Crippen molar-refractivity contribution in [1.82, 2.24) is 15.0 Å². The molecule has 40 heavy (non-hydrogen) atoms. The highest BCUT2D eigenvalue weighted by atomic mass is 32.1. The molecule has 234 valence electrons. The van der Waals surface area contributed by atoms with E-state index in [1.807, 2.05) is 9.97 Å². The molecular weight excluding hydrogens is 631 g/mol. The predicted octanol–water partition coefficient (Wildman–Crippen LogP) is 6.83. The molecule has 0 saturated heterocycles. The molecule has 0 spiro atoms. The maximum Gasteiger partial charge on any atom is 0.460 e. The number of H-pyrrole nitrogens is 2. The van der Waals surface area contributed by atoms with Crippen molar-refractivity contribution in [1.29, 1.82) is 0 Å². The van der Waals surface area contributed by atoms with Crippen LogP contribution in [0.4, 0.5) is 80.6 Å². The fourth-order valence-electron chi connectivity index (χ4n) is 2.83. The zero-order valence-corrected chi connectivity index (χ0v) is 20.0. The van der Waals surface area contributed by atoms with Gasteiger partial charge < -0.3 is 4.90 Å². The molecule has 0 atom stereocenters. The van der Waals surface area contributed by atoms with E-state index in [1.165, 1.54) is 6.92 Å². The van der Waals surface area contributed by atoms with Gasteiger partial charge in [0.05, 0.1) is 0 Å². The van der Waals surface area contributed by atoms with E-state index in [-0.39, 0.29) is 12.8 Å². The Bertz CT molecular complexity index is 1120. The van der Waals surface area contributed by atoms with Crippen molar-refractivity contribution in [3.8, 4) is 0 Å². The molecule has 0 aromatic carbocycles. The standard InChI is InChI=1S/C17H15F17N4OS/c1-2-3-5-38(7-35-8(39)37-9(40)36-7)6-4-10(18,19)11(20,21)12(22,23)13(24,25)14(26,27)15(28,29)16(30,31)17(32,33)34/h2-6H2,1H3,(H2,35,36,37,39,40). The number of halogens is 17. The summed E-state index contributed by atoms with van der Waals surface area (Å²) < 4.78 is 227. The van der Waals surface area contributed by atoms with E-state index >= 15 is 0 Å². The summed E-state index contributed by atoms with van der Waals surface area (Å²) in [6, 6.07) is 0. The van der Waals surface area contributed by atoms with Gasteiger partial charge >= 0.3 is 53.3 Å². The van der Waals surface area contributed by atoms with Crippen molar-refractivity contribution in [3.63, 3.8) is 0 Å². The number of unbranched alkanes of at least 4 members (excludes halogenated alkanes) is 1. The monoisotopic (exact) mass is 646 g/mol. The average Bonchev–Trinajstić information content (AvgIpc) is 2.76. The van der Waals surface area contributed by atoms with Crippen molar-refractivity contribution < 1.29 is 74.6 Å². The van der Waals surface area contributed by atoms with Gasteiger partial charge in [-0.3, -0.25) is 9.97 Å². The SMILES string of the molecule is CCCCN(CCC(F)(F)C(F)(F)C(F)(F)C(F)(F)C(F)(F)C(F)(F)C(F)(F)C(F)(F)F)c1nc(=S)[nH]c(=O)[nH]1. The first-order valence-electron chi connectivity index (χ1n) is 10.2. The number of alkyl halides is 17. The van der Waals surface area contributed by atoms with Gasteiger partial charge in [0.2, 0.25) is 10.7 Å². The van der Waals surface area contributed by atoms with Gasteiger partial charge in [-0.1, -0.05) is 13.3 Å². The van der Waals surface area contributed by atoms with Crippen LogP contribution in [-0.2, 0) is 0 Å². The van der Waals surface area contributed by atoms with E-state index < -0.39 is 83.6 Å². The minimum Gasteiger partial charge on any atom is -0.342 e. The van der Waals surface area contributed by atoms with Crippen molar-refractivity contribution >= 4 is 18.2 Å². The molecule has 0 aliphatic carbocycles. The average molecular weight is 646 g/mol. The summed E-state index contributed by atoms with van der Waals surface area (Å²) in [5.41, 5.74) is -1.15. The largest absolute Gasteiger partial charge is 0.460 e. The Morgan fingerprint density at radius 2 is 1.10 bits per heavy atom. The van der Waals surface area contributed by atoms with Crippen LogP contribution in [-0.4, -0.2) is 75.7 Å². The highest BCUT2D eigenvalue weighted by molar-refractivity contribution is 7.71. The molecule has 1 aromatic heterocycles. The van der Waals surface area contributed by atoms with E-state index in [1.54, 1.807) is 0 Å². The molecule has 0 unspecified atom stereocenters. The van der Waals surface area contributed by atoms with Crippen molar-refractivity contribution in [2.75, 3.05) is 18.0 Å². The van der Waals surface area contributed by atoms with Gasteiger partial charge in [-0.25, -0.2) is 4.79 Å². The Morgan fingerprint density at radius 1 is 0.675 bits per heavy atom. The number of nitrogens with one attached hydrogen (secondary N) is 2. The Balaban J connectivity index is 3.51. The summed E-state index contributed by atoms with van der Waals surface area (Å²) in [6.45, 7) is -0.608. The van der Waals surface area contributed by atoms with E-state index in [0.717, 1.165) is 0 Å². The van der Waals surface area contributed by atoms with Crippen LogP contribution in [0.2, 0.25) is 0 Å². The molecule has 1 heterocycles. The normalized spacial score (nSPS) is 14.9. The van der Waals surface area contributed by atoms with Crippen LogP contribution in [0.1, 0.15) is 26.2 Å². The quantitative estimate of drug-likeness (QED) is 0.182. The number of rotatable bonds is 13. The second-order valence-electron chi connectivity index (χ2n) is 8.06.